The lowest BCUT2D eigenvalue weighted by molar-refractivity contribution is -0.116. The SMILES string of the molecule is CNS(=O)(=O)c1cc(/C=C/C(=O)NCCc2cccs2)ccc1OC. The van der Waals surface area contributed by atoms with Gasteiger partial charge in [-0.15, -0.1) is 11.3 Å². The van der Waals surface area contributed by atoms with E-state index in [1.807, 2.05) is 17.5 Å². The quantitative estimate of drug-likeness (QED) is 0.687. The van der Waals surface area contributed by atoms with Gasteiger partial charge in [-0.05, 0) is 48.7 Å². The van der Waals surface area contributed by atoms with Crippen LogP contribution in [0.5, 0.6) is 5.75 Å². The molecule has 0 bridgehead atoms. The number of hydrogen-bond donors (Lipinski definition) is 2. The van der Waals surface area contributed by atoms with E-state index in [1.54, 1.807) is 29.5 Å². The first-order chi connectivity index (χ1) is 12.0. The number of benzene rings is 1. The van der Waals surface area contributed by atoms with Crippen molar-refractivity contribution in [3.05, 3.63) is 52.2 Å². The molecule has 1 aromatic heterocycles. The number of carbonyl (C=O) groups is 1. The minimum atomic E-state index is -3.65. The zero-order valence-electron chi connectivity index (χ0n) is 14.0. The van der Waals surface area contributed by atoms with Crippen molar-refractivity contribution < 1.29 is 17.9 Å². The Morgan fingerprint density at radius 2 is 2.12 bits per heavy atom. The number of methoxy groups -OCH3 is 1. The lowest BCUT2D eigenvalue weighted by atomic mass is 10.2. The Bertz CT molecular complexity index is 844. The first-order valence-corrected chi connectivity index (χ1v) is 9.92. The van der Waals surface area contributed by atoms with Gasteiger partial charge in [-0.2, -0.15) is 0 Å². The van der Waals surface area contributed by atoms with Gasteiger partial charge in [-0.1, -0.05) is 12.1 Å². The molecule has 0 radical (unpaired) electrons. The molecule has 0 aliphatic heterocycles. The number of thiophene rings is 1. The molecule has 0 saturated carbocycles. The molecule has 2 aromatic rings. The highest BCUT2D eigenvalue weighted by Gasteiger charge is 2.17. The minimum Gasteiger partial charge on any atom is -0.495 e. The van der Waals surface area contributed by atoms with Gasteiger partial charge < -0.3 is 10.1 Å². The fourth-order valence-electron chi connectivity index (χ4n) is 2.11. The Labute approximate surface area is 151 Å². The van der Waals surface area contributed by atoms with Crippen molar-refractivity contribution >= 4 is 33.3 Å². The third kappa shape index (κ3) is 5.42. The van der Waals surface area contributed by atoms with E-state index in [2.05, 4.69) is 10.0 Å². The average molecular weight is 380 g/mol. The molecule has 134 valence electrons. The van der Waals surface area contributed by atoms with Crippen molar-refractivity contribution in [3.8, 4) is 5.75 Å². The first-order valence-electron chi connectivity index (χ1n) is 7.56. The van der Waals surface area contributed by atoms with Crippen molar-refractivity contribution in [2.24, 2.45) is 0 Å². The van der Waals surface area contributed by atoms with Crippen LogP contribution in [0.25, 0.3) is 6.08 Å². The monoisotopic (exact) mass is 380 g/mol. The molecule has 0 unspecified atom stereocenters. The molecule has 25 heavy (non-hydrogen) atoms. The Morgan fingerprint density at radius 3 is 2.76 bits per heavy atom. The van der Waals surface area contributed by atoms with Crippen LogP contribution in [-0.4, -0.2) is 35.0 Å². The summed E-state index contributed by atoms with van der Waals surface area (Å²) in [5, 5.41) is 4.79. The molecule has 1 aromatic carbocycles. The van der Waals surface area contributed by atoms with Crippen LogP contribution in [0.4, 0.5) is 0 Å². The summed E-state index contributed by atoms with van der Waals surface area (Å²) < 4.78 is 31.4. The maximum atomic E-state index is 12.0. The summed E-state index contributed by atoms with van der Waals surface area (Å²) in [4.78, 5) is 13.1. The average Bonchev–Trinajstić information content (AvgIpc) is 3.13. The number of ether oxygens (including phenoxy) is 1. The van der Waals surface area contributed by atoms with E-state index < -0.39 is 10.0 Å². The minimum absolute atomic E-state index is 0.0257. The highest BCUT2D eigenvalue weighted by atomic mass is 32.2. The van der Waals surface area contributed by atoms with Crippen LogP contribution < -0.4 is 14.8 Å². The second-order valence-corrected chi connectivity index (χ2v) is 7.96. The summed E-state index contributed by atoms with van der Waals surface area (Å²) in [5.41, 5.74) is 0.586. The molecule has 8 heteroatoms. The van der Waals surface area contributed by atoms with Gasteiger partial charge in [0.2, 0.25) is 15.9 Å². The lowest BCUT2D eigenvalue weighted by Gasteiger charge is -2.09. The Balaban J connectivity index is 2.02. The number of amides is 1. The summed E-state index contributed by atoms with van der Waals surface area (Å²) in [6.07, 6.45) is 3.73. The predicted octanol–water partition coefficient (Wildman–Crippen LogP) is 2.04. The highest BCUT2D eigenvalue weighted by Crippen LogP contribution is 2.25. The van der Waals surface area contributed by atoms with Gasteiger partial charge in [0.15, 0.2) is 0 Å². The molecule has 1 heterocycles. The van der Waals surface area contributed by atoms with Crippen molar-refractivity contribution in [2.75, 3.05) is 20.7 Å². The van der Waals surface area contributed by atoms with E-state index in [-0.39, 0.29) is 16.6 Å². The second-order valence-electron chi connectivity index (χ2n) is 5.07. The number of carbonyl (C=O) groups excluding carboxylic acids is 1. The number of nitrogens with one attached hydrogen (secondary N) is 2. The molecule has 0 fully saturated rings. The molecular weight excluding hydrogens is 360 g/mol. The van der Waals surface area contributed by atoms with Gasteiger partial charge in [0.25, 0.3) is 0 Å². The van der Waals surface area contributed by atoms with Crippen LogP contribution in [0.3, 0.4) is 0 Å². The van der Waals surface area contributed by atoms with Gasteiger partial charge in [0.1, 0.15) is 10.6 Å². The molecule has 6 nitrogen and oxygen atoms in total. The van der Waals surface area contributed by atoms with E-state index in [1.165, 1.54) is 31.2 Å². The van der Waals surface area contributed by atoms with E-state index in [0.717, 1.165) is 6.42 Å². The van der Waals surface area contributed by atoms with Gasteiger partial charge in [-0.25, -0.2) is 13.1 Å². The van der Waals surface area contributed by atoms with Crippen LogP contribution >= 0.6 is 11.3 Å². The largest absolute Gasteiger partial charge is 0.495 e. The van der Waals surface area contributed by atoms with Crippen LogP contribution in [-0.2, 0) is 21.2 Å². The Morgan fingerprint density at radius 1 is 1.32 bits per heavy atom. The molecule has 2 N–H and O–H groups in total. The smallest absolute Gasteiger partial charge is 0.244 e. The van der Waals surface area contributed by atoms with Crippen LogP contribution in [0.1, 0.15) is 10.4 Å². The summed E-state index contributed by atoms with van der Waals surface area (Å²) in [5.74, 6) is 0.0114. The van der Waals surface area contributed by atoms with E-state index >= 15 is 0 Å². The summed E-state index contributed by atoms with van der Waals surface area (Å²) in [6.45, 7) is 0.547. The fraction of sp³-hybridized carbons (Fsp3) is 0.235. The van der Waals surface area contributed by atoms with E-state index in [0.29, 0.717) is 12.1 Å². The molecule has 0 saturated heterocycles. The standard InChI is InChI=1S/C17H20N2O4S2/c1-18-25(21,22)16-12-13(5-7-15(16)23-2)6-8-17(20)19-10-9-14-4-3-11-24-14/h3-8,11-12,18H,9-10H2,1-2H3,(H,19,20)/b8-6+. The van der Waals surface area contributed by atoms with Crippen molar-refractivity contribution in [1.29, 1.82) is 0 Å². The topological polar surface area (TPSA) is 84.5 Å². The van der Waals surface area contributed by atoms with Crippen molar-refractivity contribution in [1.82, 2.24) is 10.0 Å². The van der Waals surface area contributed by atoms with Crippen LogP contribution in [0.15, 0.2) is 46.7 Å². The first kappa shape index (κ1) is 19.2. The van der Waals surface area contributed by atoms with Gasteiger partial charge in [0, 0.05) is 17.5 Å². The lowest BCUT2D eigenvalue weighted by Crippen LogP contribution is -2.23. The molecule has 0 spiro atoms. The number of sulfonamides is 1. The van der Waals surface area contributed by atoms with E-state index in [9.17, 15) is 13.2 Å². The highest BCUT2D eigenvalue weighted by molar-refractivity contribution is 7.89. The van der Waals surface area contributed by atoms with Crippen LogP contribution in [0, 0.1) is 0 Å². The Hall–Kier alpha value is -2.16. The predicted molar refractivity (Wildman–Crippen MR) is 99.3 cm³/mol. The summed E-state index contributed by atoms with van der Waals surface area (Å²) >= 11 is 1.65. The third-order valence-corrected chi connectivity index (χ3v) is 5.80. The molecule has 0 aliphatic carbocycles. The molecule has 0 atom stereocenters. The third-order valence-electron chi connectivity index (χ3n) is 3.42. The zero-order valence-corrected chi connectivity index (χ0v) is 15.6. The zero-order chi connectivity index (χ0) is 18.3. The maximum Gasteiger partial charge on any atom is 0.244 e. The van der Waals surface area contributed by atoms with Gasteiger partial charge in [0.05, 0.1) is 7.11 Å². The van der Waals surface area contributed by atoms with E-state index in [4.69, 9.17) is 4.74 Å². The van der Waals surface area contributed by atoms with Crippen molar-refractivity contribution in [3.63, 3.8) is 0 Å². The summed E-state index contributed by atoms with van der Waals surface area (Å²) in [7, 11) is -0.915. The van der Waals surface area contributed by atoms with Gasteiger partial charge in [-0.3, -0.25) is 4.79 Å². The fourth-order valence-corrected chi connectivity index (χ4v) is 3.75. The second kappa shape index (κ2) is 8.80. The molecule has 0 aliphatic rings. The number of rotatable bonds is 8. The number of hydrogen-bond acceptors (Lipinski definition) is 5. The molecular formula is C17H20N2O4S2. The van der Waals surface area contributed by atoms with Gasteiger partial charge >= 0.3 is 0 Å². The maximum absolute atomic E-state index is 12.0. The molecule has 2 rings (SSSR count). The van der Waals surface area contributed by atoms with Crippen molar-refractivity contribution in [2.45, 2.75) is 11.3 Å². The normalized spacial score (nSPS) is 11.6. The molecule has 1 amide bonds. The Kier molecular flexibility index (Phi) is 6.74. The van der Waals surface area contributed by atoms with Crippen LogP contribution in [0.2, 0.25) is 0 Å². The summed E-state index contributed by atoms with van der Waals surface area (Å²) in [6, 6.07) is 8.69.